The number of hydrogen-bond donors (Lipinski definition) is 1. The van der Waals surface area contributed by atoms with Crippen LogP contribution in [-0.4, -0.2) is 51.1 Å². The molecule has 14 heavy (non-hydrogen) atoms. The summed E-state index contributed by atoms with van der Waals surface area (Å²) in [5.41, 5.74) is 0. The molecule has 5 heteroatoms. The number of hydrogen-bond acceptors (Lipinski definition) is 5. The minimum Gasteiger partial charge on any atom is -0.464 e. The Kier molecular flexibility index (Phi) is 3.00. The zero-order valence-electron chi connectivity index (χ0n) is 8.19. The molecule has 0 saturated carbocycles. The summed E-state index contributed by atoms with van der Waals surface area (Å²) in [6.45, 7) is 1.71. The van der Waals surface area contributed by atoms with E-state index in [-0.39, 0.29) is 24.2 Å². The molecule has 2 heterocycles. The third-order valence-electron chi connectivity index (χ3n) is 2.68. The molecular formula is C9H15NO4. The second-order valence-electron chi connectivity index (χ2n) is 3.59. The van der Waals surface area contributed by atoms with E-state index in [4.69, 9.17) is 14.2 Å². The summed E-state index contributed by atoms with van der Waals surface area (Å²) in [6, 6.07) is -0.0741. The standard InChI is InChI=1S/C9H15NO4/c1-12-8-5-13-4-7(8)10-6-2-3-14-9(6)11/h6-8,10H,2-5H2,1H3/t6?,7-,8-/m0/s1. The molecule has 80 valence electrons. The molecular weight excluding hydrogens is 186 g/mol. The van der Waals surface area contributed by atoms with Crippen LogP contribution in [0.25, 0.3) is 0 Å². The molecule has 1 N–H and O–H groups in total. The Balaban J connectivity index is 1.86. The predicted octanol–water partition coefficient (Wildman–Crippen LogP) is -0.695. The first-order chi connectivity index (χ1) is 6.81. The van der Waals surface area contributed by atoms with Gasteiger partial charge in [-0.05, 0) is 0 Å². The fraction of sp³-hybridized carbons (Fsp3) is 0.889. The van der Waals surface area contributed by atoms with E-state index in [2.05, 4.69) is 5.32 Å². The van der Waals surface area contributed by atoms with Crippen LogP contribution in [0.2, 0.25) is 0 Å². The van der Waals surface area contributed by atoms with Gasteiger partial charge < -0.3 is 14.2 Å². The van der Waals surface area contributed by atoms with Gasteiger partial charge in [0.15, 0.2) is 0 Å². The molecule has 0 spiro atoms. The number of nitrogens with one attached hydrogen (secondary N) is 1. The van der Waals surface area contributed by atoms with Gasteiger partial charge in [0, 0.05) is 13.5 Å². The molecule has 2 saturated heterocycles. The Morgan fingerprint density at radius 3 is 3.00 bits per heavy atom. The van der Waals surface area contributed by atoms with Crippen molar-refractivity contribution in [3.63, 3.8) is 0 Å². The van der Waals surface area contributed by atoms with E-state index in [9.17, 15) is 4.79 Å². The molecule has 5 nitrogen and oxygen atoms in total. The van der Waals surface area contributed by atoms with Gasteiger partial charge >= 0.3 is 5.97 Å². The Bertz CT molecular complexity index is 221. The lowest BCUT2D eigenvalue weighted by molar-refractivity contribution is -0.139. The van der Waals surface area contributed by atoms with Gasteiger partial charge in [-0.25, -0.2) is 0 Å². The molecule has 0 aromatic carbocycles. The molecule has 0 aromatic heterocycles. The average Bonchev–Trinajstić information content (AvgIpc) is 2.77. The Labute approximate surface area is 82.7 Å². The van der Waals surface area contributed by atoms with Gasteiger partial charge in [-0.15, -0.1) is 0 Å². The van der Waals surface area contributed by atoms with Crippen molar-refractivity contribution in [2.45, 2.75) is 24.6 Å². The van der Waals surface area contributed by atoms with Crippen LogP contribution in [0.1, 0.15) is 6.42 Å². The number of ether oxygens (including phenoxy) is 3. The summed E-state index contributed by atoms with van der Waals surface area (Å²) in [5, 5.41) is 3.20. The van der Waals surface area contributed by atoms with E-state index in [1.807, 2.05) is 0 Å². The van der Waals surface area contributed by atoms with Gasteiger partial charge in [0.1, 0.15) is 6.04 Å². The Morgan fingerprint density at radius 2 is 2.36 bits per heavy atom. The number of carbonyl (C=O) groups is 1. The van der Waals surface area contributed by atoms with E-state index in [1.54, 1.807) is 7.11 Å². The van der Waals surface area contributed by atoms with E-state index in [1.165, 1.54) is 0 Å². The highest BCUT2D eigenvalue weighted by molar-refractivity contribution is 5.77. The second kappa shape index (κ2) is 4.25. The molecule has 2 aliphatic heterocycles. The summed E-state index contributed by atoms with van der Waals surface area (Å²) in [6.07, 6.45) is 0.787. The maximum absolute atomic E-state index is 11.2. The number of cyclic esters (lactones) is 1. The summed E-state index contributed by atoms with van der Waals surface area (Å²) < 4.78 is 15.4. The van der Waals surface area contributed by atoms with Crippen molar-refractivity contribution in [1.82, 2.24) is 5.32 Å². The minimum atomic E-state index is -0.181. The number of esters is 1. The normalized spacial score (nSPS) is 37.5. The van der Waals surface area contributed by atoms with Crippen LogP contribution in [0.15, 0.2) is 0 Å². The molecule has 1 unspecified atom stereocenters. The fourth-order valence-corrected chi connectivity index (χ4v) is 1.83. The smallest absolute Gasteiger partial charge is 0.323 e. The molecule has 0 aromatic rings. The summed E-state index contributed by atoms with van der Waals surface area (Å²) in [7, 11) is 1.65. The second-order valence-corrected chi connectivity index (χ2v) is 3.59. The average molecular weight is 201 g/mol. The van der Waals surface area contributed by atoms with Crippen molar-refractivity contribution in [2.75, 3.05) is 26.9 Å². The van der Waals surface area contributed by atoms with Crippen LogP contribution in [0, 0.1) is 0 Å². The topological polar surface area (TPSA) is 56.8 Å². The zero-order valence-corrected chi connectivity index (χ0v) is 8.19. The lowest BCUT2D eigenvalue weighted by atomic mass is 10.1. The highest BCUT2D eigenvalue weighted by Crippen LogP contribution is 2.13. The van der Waals surface area contributed by atoms with Gasteiger partial charge in [0.2, 0.25) is 0 Å². The number of methoxy groups -OCH3 is 1. The van der Waals surface area contributed by atoms with Crippen LogP contribution in [0.4, 0.5) is 0 Å². The fourth-order valence-electron chi connectivity index (χ4n) is 1.83. The maximum Gasteiger partial charge on any atom is 0.323 e. The molecule has 0 bridgehead atoms. The Morgan fingerprint density at radius 1 is 1.50 bits per heavy atom. The molecule has 0 amide bonds. The van der Waals surface area contributed by atoms with E-state index < -0.39 is 0 Å². The van der Waals surface area contributed by atoms with Crippen LogP contribution in [0.3, 0.4) is 0 Å². The van der Waals surface area contributed by atoms with Crippen molar-refractivity contribution in [3.05, 3.63) is 0 Å². The predicted molar refractivity (Wildman–Crippen MR) is 47.9 cm³/mol. The summed E-state index contributed by atoms with van der Waals surface area (Å²) >= 11 is 0. The first-order valence-electron chi connectivity index (χ1n) is 4.84. The van der Waals surface area contributed by atoms with Crippen molar-refractivity contribution >= 4 is 5.97 Å². The highest BCUT2D eigenvalue weighted by atomic mass is 16.5. The van der Waals surface area contributed by atoms with Crippen LogP contribution in [0.5, 0.6) is 0 Å². The third-order valence-corrected chi connectivity index (χ3v) is 2.68. The van der Waals surface area contributed by atoms with Gasteiger partial charge in [-0.1, -0.05) is 0 Å². The molecule has 3 atom stereocenters. The Hall–Kier alpha value is -0.650. The quantitative estimate of drug-likeness (QED) is 0.612. The van der Waals surface area contributed by atoms with Crippen molar-refractivity contribution < 1.29 is 19.0 Å². The monoisotopic (exact) mass is 201 g/mol. The van der Waals surface area contributed by atoms with Crippen molar-refractivity contribution in [2.24, 2.45) is 0 Å². The van der Waals surface area contributed by atoms with Crippen LogP contribution < -0.4 is 5.32 Å². The van der Waals surface area contributed by atoms with Gasteiger partial charge in [-0.3, -0.25) is 10.1 Å². The van der Waals surface area contributed by atoms with Crippen LogP contribution >= 0.6 is 0 Å². The molecule has 2 rings (SSSR count). The minimum absolute atomic E-state index is 0.0448. The van der Waals surface area contributed by atoms with E-state index in [0.29, 0.717) is 19.8 Å². The lowest BCUT2D eigenvalue weighted by Gasteiger charge is -2.19. The van der Waals surface area contributed by atoms with Gasteiger partial charge in [0.05, 0.1) is 32.0 Å². The maximum atomic E-state index is 11.2. The lowest BCUT2D eigenvalue weighted by Crippen LogP contribution is -2.47. The molecule has 0 radical (unpaired) electrons. The van der Waals surface area contributed by atoms with Crippen molar-refractivity contribution in [3.8, 4) is 0 Å². The van der Waals surface area contributed by atoms with Gasteiger partial charge in [-0.2, -0.15) is 0 Å². The first-order valence-corrected chi connectivity index (χ1v) is 4.84. The number of carbonyl (C=O) groups excluding carboxylic acids is 1. The molecule has 0 aliphatic carbocycles. The molecule has 2 aliphatic rings. The van der Waals surface area contributed by atoms with E-state index >= 15 is 0 Å². The largest absolute Gasteiger partial charge is 0.464 e. The highest BCUT2D eigenvalue weighted by Gasteiger charge is 2.34. The summed E-state index contributed by atoms with van der Waals surface area (Å²) in [5.74, 6) is -0.160. The zero-order chi connectivity index (χ0) is 9.97. The SMILES string of the molecule is CO[C@H]1COC[C@@H]1NC1CCOC1=O. The first kappa shape index (κ1) is 9.89. The number of rotatable bonds is 3. The van der Waals surface area contributed by atoms with E-state index in [0.717, 1.165) is 6.42 Å². The van der Waals surface area contributed by atoms with Crippen molar-refractivity contribution in [1.29, 1.82) is 0 Å². The summed E-state index contributed by atoms with van der Waals surface area (Å²) in [4.78, 5) is 11.2. The third kappa shape index (κ3) is 1.89. The molecule has 2 fully saturated rings. The van der Waals surface area contributed by atoms with Crippen LogP contribution in [-0.2, 0) is 19.0 Å². The van der Waals surface area contributed by atoms with Gasteiger partial charge in [0.25, 0.3) is 0 Å².